The van der Waals surface area contributed by atoms with Crippen LogP contribution in [0.5, 0.6) is 0 Å². The van der Waals surface area contributed by atoms with E-state index in [2.05, 4.69) is 0 Å². The molecule has 0 N–H and O–H groups in total. The highest BCUT2D eigenvalue weighted by atomic mass is 32.2. The third-order valence-electron chi connectivity index (χ3n) is 2.89. The van der Waals surface area contributed by atoms with Crippen LogP contribution >= 0.6 is 11.8 Å². The fraction of sp³-hybridized carbons (Fsp3) is 0.167. The maximum absolute atomic E-state index is 13.2. The summed E-state index contributed by atoms with van der Waals surface area (Å²) in [5.41, 5.74) is 0. The fourth-order valence-corrected chi connectivity index (χ4v) is 5.21. The van der Waals surface area contributed by atoms with E-state index in [1.807, 2.05) is 0 Å². The molecular formula is C12H6F4OS2. The molecule has 0 spiro atoms. The Morgan fingerprint density at radius 1 is 1.00 bits per heavy atom. The van der Waals surface area contributed by atoms with Crippen LogP contribution < -0.4 is 0 Å². The van der Waals surface area contributed by atoms with E-state index in [9.17, 15) is 21.8 Å². The minimum atomic E-state index is -1.74. The Labute approximate surface area is 112 Å². The molecule has 0 radical (unpaired) electrons. The summed E-state index contributed by atoms with van der Waals surface area (Å²) in [7, 11) is -1.74. The number of halogens is 4. The standard InChI is InChI=1S/C12H6F4OS2/c13-5-1-9-11(3-7(5)15)19(17)12-4-8(16)6(14)2-10(12)18-9/h1-4,9,11H/t9-,11?,19?/m0/s1. The average molecular weight is 306 g/mol. The van der Waals surface area contributed by atoms with Gasteiger partial charge in [-0.25, -0.2) is 17.6 Å². The van der Waals surface area contributed by atoms with E-state index in [1.54, 1.807) is 0 Å². The Bertz CT molecular complexity index is 653. The van der Waals surface area contributed by atoms with Crippen molar-refractivity contribution < 1.29 is 21.8 Å². The van der Waals surface area contributed by atoms with Crippen LogP contribution in [0.1, 0.15) is 0 Å². The monoisotopic (exact) mass is 306 g/mol. The zero-order valence-corrected chi connectivity index (χ0v) is 10.8. The predicted octanol–water partition coefficient (Wildman–Crippen LogP) is 3.64. The van der Waals surface area contributed by atoms with Gasteiger partial charge in [0.25, 0.3) is 0 Å². The van der Waals surface area contributed by atoms with Crippen molar-refractivity contribution in [1.29, 1.82) is 0 Å². The molecule has 1 heterocycles. The van der Waals surface area contributed by atoms with Gasteiger partial charge in [-0.3, -0.25) is 4.21 Å². The minimum Gasteiger partial charge on any atom is -0.254 e. The van der Waals surface area contributed by atoms with E-state index in [-0.39, 0.29) is 4.90 Å². The molecule has 0 aromatic heterocycles. The molecule has 0 saturated carbocycles. The maximum Gasteiger partial charge on any atom is 0.160 e. The van der Waals surface area contributed by atoms with Crippen molar-refractivity contribution in [2.45, 2.75) is 20.3 Å². The lowest BCUT2D eigenvalue weighted by atomic mass is 10.1. The maximum atomic E-state index is 13.2. The number of hydrogen-bond acceptors (Lipinski definition) is 2. The third kappa shape index (κ3) is 2.04. The molecular weight excluding hydrogens is 300 g/mol. The summed E-state index contributed by atoms with van der Waals surface area (Å²) in [5.74, 6) is -4.24. The van der Waals surface area contributed by atoms with Crippen LogP contribution in [0.25, 0.3) is 0 Å². The van der Waals surface area contributed by atoms with E-state index in [4.69, 9.17) is 0 Å². The zero-order chi connectivity index (χ0) is 13.7. The fourth-order valence-electron chi connectivity index (χ4n) is 1.97. The highest BCUT2D eigenvalue weighted by molar-refractivity contribution is 8.02. The number of fused-ring (bicyclic) bond motifs is 2. The molecule has 19 heavy (non-hydrogen) atoms. The van der Waals surface area contributed by atoms with Gasteiger partial charge in [-0.15, -0.1) is 11.8 Å². The van der Waals surface area contributed by atoms with Gasteiger partial charge in [0.1, 0.15) is 0 Å². The van der Waals surface area contributed by atoms with Gasteiger partial charge in [0, 0.05) is 10.1 Å². The van der Waals surface area contributed by atoms with E-state index in [1.165, 1.54) is 0 Å². The summed E-state index contributed by atoms with van der Waals surface area (Å²) in [4.78, 5) is 0.406. The van der Waals surface area contributed by atoms with Crippen molar-refractivity contribution in [3.05, 3.63) is 47.6 Å². The second kappa shape index (κ2) is 4.49. The molecule has 2 aliphatic rings. The van der Waals surface area contributed by atoms with Gasteiger partial charge in [-0.05, 0) is 24.3 Å². The van der Waals surface area contributed by atoms with Crippen LogP contribution in [-0.2, 0) is 10.8 Å². The molecule has 1 aromatic carbocycles. The largest absolute Gasteiger partial charge is 0.254 e. The van der Waals surface area contributed by atoms with Crippen LogP contribution in [-0.4, -0.2) is 14.7 Å². The number of hydrogen-bond donors (Lipinski definition) is 0. The SMILES string of the molecule is O=S1c2cc(F)c(F)cc2S[C@H]2C=C(F)C(F)=CC21. The lowest BCUT2D eigenvalue weighted by molar-refractivity contribution is 0.500. The van der Waals surface area contributed by atoms with Crippen molar-refractivity contribution in [2.75, 3.05) is 0 Å². The number of rotatable bonds is 0. The first kappa shape index (κ1) is 12.9. The summed E-state index contributed by atoms with van der Waals surface area (Å²) in [5, 5.41) is -1.36. The molecule has 7 heteroatoms. The first-order chi connectivity index (χ1) is 8.97. The second-order valence-electron chi connectivity index (χ2n) is 4.09. The highest BCUT2D eigenvalue weighted by Crippen LogP contribution is 2.44. The van der Waals surface area contributed by atoms with Gasteiger partial charge < -0.3 is 0 Å². The molecule has 0 saturated heterocycles. The molecule has 3 atom stereocenters. The predicted molar refractivity (Wildman–Crippen MR) is 64.6 cm³/mol. The Hall–Kier alpha value is -1.08. The molecule has 100 valence electrons. The smallest absolute Gasteiger partial charge is 0.160 e. The first-order valence-corrected chi connectivity index (χ1v) is 7.38. The molecule has 1 aromatic rings. The van der Waals surface area contributed by atoms with Gasteiger partial charge in [0.2, 0.25) is 0 Å². The quantitative estimate of drug-likeness (QED) is 0.681. The zero-order valence-electron chi connectivity index (χ0n) is 9.20. The van der Waals surface area contributed by atoms with Crippen LogP contribution in [0.4, 0.5) is 17.6 Å². The lowest BCUT2D eigenvalue weighted by Gasteiger charge is -2.30. The van der Waals surface area contributed by atoms with E-state index >= 15 is 0 Å². The van der Waals surface area contributed by atoms with Gasteiger partial charge in [-0.2, -0.15) is 0 Å². The molecule has 1 aliphatic carbocycles. The Morgan fingerprint density at radius 2 is 1.63 bits per heavy atom. The normalized spacial score (nSPS) is 29.2. The summed E-state index contributed by atoms with van der Waals surface area (Å²) in [6.07, 6.45) is 1.96. The lowest BCUT2D eigenvalue weighted by Crippen LogP contribution is -2.31. The molecule has 1 aliphatic heterocycles. The summed E-state index contributed by atoms with van der Waals surface area (Å²) in [6.45, 7) is 0. The minimum absolute atomic E-state index is 0.116. The van der Waals surface area contributed by atoms with Crippen molar-refractivity contribution >= 4 is 22.6 Å². The Morgan fingerprint density at radius 3 is 2.37 bits per heavy atom. The van der Waals surface area contributed by atoms with Crippen LogP contribution in [0, 0.1) is 11.6 Å². The number of thioether (sulfide) groups is 1. The van der Waals surface area contributed by atoms with Gasteiger partial charge in [0.15, 0.2) is 23.3 Å². The van der Waals surface area contributed by atoms with Crippen LogP contribution in [0.15, 0.2) is 45.7 Å². The van der Waals surface area contributed by atoms with Crippen molar-refractivity contribution in [3.63, 3.8) is 0 Å². The van der Waals surface area contributed by atoms with Crippen molar-refractivity contribution in [1.82, 2.24) is 0 Å². The second-order valence-corrected chi connectivity index (χ2v) is 6.89. The van der Waals surface area contributed by atoms with Crippen LogP contribution in [0.3, 0.4) is 0 Å². The Balaban J connectivity index is 2.12. The molecule has 1 nitrogen and oxygen atoms in total. The average Bonchev–Trinajstić information content (AvgIpc) is 2.35. The summed E-state index contributed by atoms with van der Waals surface area (Å²) >= 11 is 1.05. The first-order valence-electron chi connectivity index (χ1n) is 5.28. The molecule has 0 bridgehead atoms. The third-order valence-corrected chi connectivity index (χ3v) is 6.18. The molecule has 0 amide bonds. The molecule has 2 unspecified atom stereocenters. The molecule has 0 fully saturated rings. The van der Waals surface area contributed by atoms with E-state index in [0.29, 0.717) is 4.90 Å². The number of allylic oxidation sites excluding steroid dienone is 2. The van der Waals surface area contributed by atoms with Gasteiger partial charge in [0.05, 0.1) is 20.9 Å². The van der Waals surface area contributed by atoms with Gasteiger partial charge in [-0.1, -0.05) is 0 Å². The van der Waals surface area contributed by atoms with Gasteiger partial charge >= 0.3 is 0 Å². The highest BCUT2D eigenvalue weighted by Gasteiger charge is 2.37. The summed E-state index contributed by atoms with van der Waals surface area (Å²) in [6, 6.07) is 1.79. The molecule has 3 rings (SSSR count). The Kier molecular flexibility index (Phi) is 3.05. The summed E-state index contributed by atoms with van der Waals surface area (Å²) < 4.78 is 64.9. The number of benzene rings is 1. The van der Waals surface area contributed by atoms with E-state index < -0.39 is 44.6 Å². The van der Waals surface area contributed by atoms with E-state index in [0.717, 1.165) is 36.0 Å². The van der Waals surface area contributed by atoms with Crippen molar-refractivity contribution in [2.24, 2.45) is 0 Å². The van der Waals surface area contributed by atoms with Crippen LogP contribution in [0.2, 0.25) is 0 Å². The topological polar surface area (TPSA) is 17.1 Å². The van der Waals surface area contributed by atoms with Crippen molar-refractivity contribution in [3.8, 4) is 0 Å².